The van der Waals surface area contributed by atoms with Crippen molar-refractivity contribution in [2.75, 3.05) is 12.4 Å². The molecule has 0 fully saturated rings. The lowest BCUT2D eigenvalue weighted by molar-refractivity contribution is 0.0697. The molecule has 1 heterocycles. The molecule has 0 atom stereocenters. The number of nitrogens with zero attached hydrogens (tertiary/aromatic N) is 1. The third-order valence-corrected chi connectivity index (χ3v) is 3.08. The van der Waals surface area contributed by atoms with E-state index in [1.54, 1.807) is 25.4 Å². The molecule has 2 amide bonds. The number of aromatic carboxylic acids is 1. The number of carbonyl (C=O) groups excluding carboxylic acids is 1. The molecular formula is C15H16N2O4. The molecule has 1 aromatic heterocycles. The van der Waals surface area contributed by atoms with E-state index in [1.807, 2.05) is 13.0 Å². The Kier molecular flexibility index (Phi) is 4.27. The lowest BCUT2D eigenvalue weighted by Crippen LogP contribution is -2.30. The summed E-state index contributed by atoms with van der Waals surface area (Å²) < 4.78 is 5.18. The molecule has 6 nitrogen and oxygen atoms in total. The van der Waals surface area contributed by atoms with E-state index in [1.165, 1.54) is 17.0 Å². The second kappa shape index (κ2) is 6.13. The summed E-state index contributed by atoms with van der Waals surface area (Å²) in [5.74, 6) is -0.268. The molecule has 1 aromatic carbocycles. The van der Waals surface area contributed by atoms with Crippen molar-refractivity contribution >= 4 is 17.7 Å². The molecule has 2 aromatic rings. The van der Waals surface area contributed by atoms with E-state index < -0.39 is 5.97 Å². The van der Waals surface area contributed by atoms with Crippen molar-refractivity contribution in [3.05, 3.63) is 53.5 Å². The van der Waals surface area contributed by atoms with E-state index in [0.717, 1.165) is 11.3 Å². The van der Waals surface area contributed by atoms with E-state index in [4.69, 9.17) is 9.52 Å². The number of carboxylic acid groups (broad SMARTS) is 1. The van der Waals surface area contributed by atoms with Gasteiger partial charge in [0, 0.05) is 18.3 Å². The van der Waals surface area contributed by atoms with Gasteiger partial charge in [0.2, 0.25) is 0 Å². The van der Waals surface area contributed by atoms with Gasteiger partial charge in [0.1, 0.15) is 5.76 Å². The number of amides is 2. The lowest BCUT2D eigenvalue weighted by Gasteiger charge is -2.17. The molecule has 0 radical (unpaired) electrons. The Hall–Kier alpha value is -2.76. The Morgan fingerprint density at radius 1 is 1.33 bits per heavy atom. The number of urea groups is 1. The summed E-state index contributed by atoms with van der Waals surface area (Å²) >= 11 is 0. The molecule has 2 N–H and O–H groups in total. The van der Waals surface area contributed by atoms with Gasteiger partial charge in [-0.1, -0.05) is 6.07 Å². The van der Waals surface area contributed by atoms with Gasteiger partial charge in [-0.25, -0.2) is 9.59 Å². The standard InChI is InChI=1S/C15H16N2O4/c1-10-12(6-7-21-10)9-17(2)15(20)16-13-5-3-4-11(8-13)14(18)19/h3-8H,9H2,1-2H3,(H,16,20)(H,18,19). The number of carboxylic acids is 1. The van der Waals surface area contributed by atoms with Crippen LogP contribution in [-0.4, -0.2) is 29.1 Å². The minimum absolute atomic E-state index is 0.126. The number of hydrogen-bond acceptors (Lipinski definition) is 3. The quantitative estimate of drug-likeness (QED) is 0.906. The Morgan fingerprint density at radius 3 is 2.71 bits per heavy atom. The molecule has 2 rings (SSSR count). The molecule has 0 saturated heterocycles. The van der Waals surface area contributed by atoms with Gasteiger partial charge in [-0.05, 0) is 31.2 Å². The zero-order chi connectivity index (χ0) is 15.4. The van der Waals surface area contributed by atoms with Crippen LogP contribution in [0.3, 0.4) is 0 Å². The van der Waals surface area contributed by atoms with Crippen LogP contribution in [-0.2, 0) is 6.54 Å². The highest BCUT2D eigenvalue weighted by molar-refractivity contribution is 5.93. The number of furan rings is 1. The molecular weight excluding hydrogens is 272 g/mol. The Balaban J connectivity index is 2.02. The van der Waals surface area contributed by atoms with Crippen LogP contribution in [0.2, 0.25) is 0 Å². The summed E-state index contributed by atoms with van der Waals surface area (Å²) in [6.07, 6.45) is 1.58. The van der Waals surface area contributed by atoms with E-state index in [0.29, 0.717) is 12.2 Å². The number of rotatable bonds is 4. The van der Waals surface area contributed by atoms with E-state index in [-0.39, 0.29) is 11.6 Å². The van der Waals surface area contributed by atoms with Crippen molar-refractivity contribution < 1.29 is 19.1 Å². The molecule has 6 heteroatoms. The van der Waals surface area contributed by atoms with Crippen molar-refractivity contribution in [2.45, 2.75) is 13.5 Å². The van der Waals surface area contributed by atoms with Crippen LogP contribution in [0.25, 0.3) is 0 Å². The average molecular weight is 288 g/mol. The van der Waals surface area contributed by atoms with Gasteiger partial charge in [-0.3, -0.25) is 0 Å². The zero-order valence-corrected chi connectivity index (χ0v) is 11.8. The highest BCUT2D eigenvalue weighted by Gasteiger charge is 2.12. The van der Waals surface area contributed by atoms with Crippen molar-refractivity contribution in [1.29, 1.82) is 0 Å². The molecule has 0 saturated carbocycles. The summed E-state index contributed by atoms with van der Waals surface area (Å²) in [6.45, 7) is 2.24. The van der Waals surface area contributed by atoms with Gasteiger partial charge < -0.3 is 19.7 Å². The Bertz CT molecular complexity index is 663. The highest BCUT2D eigenvalue weighted by Crippen LogP contribution is 2.14. The van der Waals surface area contributed by atoms with Crippen LogP contribution in [0.15, 0.2) is 41.0 Å². The third kappa shape index (κ3) is 3.62. The monoisotopic (exact) mass is 288 g/mol. The fourth-order valence-corrected chi connectivity index (χ4v) is 1.85. The first-order chi connectivity index (χ1) is 9.97. The molecule has 0 aliphatic rings. The predicted molar refractivity (Wildman–Crippen MR) is 77.3 cm³/mol. The summed E-state index contributed by atoms with van der Waals surface area (Å²) in [6, 6.07) is 7.59. The zero-order valence-electron chi connectivity index (χ0n) is 11.8. The molecule has 0 bridgehead atoms. The largest absolute Gasteiger partial charge is 0.478 e. The van der Waals surface area contributed by atoms with Gasteiger partial charge in [0.15, 0.2) is 0 Å². The summed E-state index contributed by atoms with van der Waals surface area (Å²) in [7, 11) is 1.66. The Labute approximate surface area is 122 Å². The van der Waals surface area contributed by atoms with Crippen LogP contribution < -0.4 is 5.32 Å². The second-order valence-electron chi connectivity index (χ2n) is 4.67. The molecule has 21 heavy (non-hydrogen) atoms. The summed E-state index contributed by atoms with van der Waals surface area (Å²) in [5, 5.41) is 11.6. The van der Waals surface area contributed by atoms with Crippen molar-refractivity contribution in [3.63, 3.8) is 0 Å². The van der Waals surface area contributed by atoms with Crippen LogP contribution in [0.4, 0.5) is 10.5 Å². The molecule has 0 aliphatic carbocycles. The van der Waals surface area contributed by atoms with Crippen LogP contribution >= 0.6 is 0 Å². The topological polar surface area (TPSA) is 82.8 Å². The smallest absolute Gasteiger partial charge is 0.335 e. The first-order valence-electron chi connectivity index (χ1n) is 6.36. The van der Waals surface area contributed by atoms with E-state index in [2.05, 4.69) is 5.32 Å². The summed E-state index contributed by atoms with van der Waals surface area (Å²) in [5.41, 5.74) is 1.49. The Morgan fingerprint density at radius 2 is 2.10 bits per heavy atom. The highest BCUT2D eigenvalue weighted by atomic mass is 16.4. The van der Waals surface area contributed by atoms with Crippen molar-refractivity contribution in [3.8, 4) is 0 Å². The number of nitrogens with one attached hydrogen (secondary N) is 1. The van der Waals surface area contributed by atoms with E-state index in [9.17, 15) is 9.59 Å². The first kappa shape index (κ1) is 14.6. The second-order valence-corrected chi connectivity index (χ2v) is 4.67. The average Bonchev–Trinajstić information content (AvgIpc) is 2.84. The van der Waals surface area contributed by atoms with Crippen molar-refractivity contribution in [2.24, 2.45) is 0 Å². The van der Waals surface area contributed by atoms with Crippen molar-refractivity contribution in [1.82, 2.24) is 4.90 Å². The SMILES string of the molecule is Cc1occc1CN(C)C(=O)Nc1cccc(C(=O)O)c1. The van der Waals surface area contributed by atoms with Crippen LogP contribution in [0.5, 0.6) is 0 Å². The third-order valence-electron chi connectivity index (χ3n) is 3.08. The minimum atomic E-state index is -1.03. The van der Waals surface area contributed by atoms with Gasteiger partial charge in [0.05, 0.1) is 18.4 Å². The van der Waals surface area contributed by atoms with Crippen LogP contribution in [0.1, 0.15) is 21.7 Å². The summed E-state index contributed by atoms with van der Waals surface area (Å²) in [4.78, 5) is 24.4. The maximum absolute atomic E-state index is 12.1. The predicted octanol–water partition coefficient (Wildman–Crippen LogP) is 2.95. The van der Waals surface area contributed by atoms with E-state index >= 15 is 0 Å². The molecule has 0 aliphatic heterocycles. The molecule has 0 unspecified atom stereocenters. The first-order valence-corrected chi connectivity index (χ1v) is 6.36. The maximum Gasteiger partial charge on any atom is 0.335 e. The minimum Gasteiger partial charge on any atom is -0.478 e. The normalized spacial score (nSPS) is 10.2. The molecule has 0 spiro atoms. The van der Waals surface area contributed by atoms with Gasteiger partial charge in [-0.2, -0.15) is 0 Å². The lowest BCUT2D eigenvalue weighted by atomic mass is 10.2. The number of benzene rings is 1. The number of carbonyl (C=O) groups is 2. The number of anilines is 1. The van der Waals surface area contributed by atoms with Crippen LogP contribution in [0, 0.1) is 6.92 Å². The molecule has 110 valence electrons. The van der Waals surface area contributed by atoms with Gasteiger partial charge in [-0.15, -0.1) is 0 Å². The van der Waals surface area contributed by atoms with Gasteiger partial charge in [0.25, 0.3) is 0 Å². The number of hydrogen-bond donors (Lipinski definition) is 2. The fourth-order valence-electron chi connectivity index (χ4n) is 1.85. The fraction of sp³-hybridized carbons (Fsp3) is 0.200. The number of aryl methyl sites for hydroxylation is 1. The van der Waals surface area contributed by atoms with Gasteiger partial charge >= 0.3 is 12.0 Å². The maximum atomic E-state index is 12.1.